The van der Waals surface area contributed by atoms with E-state index in [-0.39, 0.29) is 18.4 Å². The van der Waals surface area contributed by atoms with Crippen molar-refractivity contribution in [1.82, 2.24) is 4.90 Å². The number of hydrogen-bond acceptors (Lipinski definition) is 3. The SMILES string of the molecule is NCC1(C(=O)N(CCC(=O)O)C2CC2)CCCC1. The number of nitrogens with two attached hydrogens (primary N) is 1. The van der Waals surface area contributed by atoms with Gasteiger partial charge in [-0.15, -0.1) is 0 Å². The molecule has 0 aliphatic heterocycles. The summed E-state index contributed by atoms with van der Waals surface area (Å²) in [7, 11) is 0. The molecular weight excluding hydrogens is 232 g/mol. The largest absolute Gasteiger partial charge is 0.481 e. The van der Waals surface area contributed by atoms with E-state index in [1.807, 2.05) is 0 Å². The molecule has 0 aromatic carbocycles. The molecule has 0 aromatic heterocycles. The summed E-state index contributed by atoms with van der Waals surface area (Å²) in [5.74, 6) is -0.743. The van der Waals surface area contributed by atoms with Crippen molar-refractivity contribution >= 4 is 11.9 Å². The van der Waals surface area contributed by atoms with Gasteiger partial charge < -0.3 is 15.7 Å². The van der Waals surface area contributed by atoms with Gasteiger partial charge in [-0.1, -0.05) is 12.8 Å². The molecule has 2 saturated carbocycles. The van der Waals surface area contributed by atoms with Gasteiger partial charge in [0.1, 0.15) is 0 Å². The lowest BCUT2D eigenvalue weighted by Gasteiger charge is -2.33. The Balaban J connectivity index is 2.04. The summed E-state index contributed by atoms with van der Waals surface area (Å²) in [5.41, 5.74) is 5.42. The number of carboxylic acids is 1. The van der Waals surface area contributed by atoms with Gasteiger partial charge in [-0.3, -0.25) is 9.59 Å². The minimum absolute atomic E-state index is 0.0306. The number of hydrogen-bond donors (Lipinski definition) is 2. The molecule has 102 valence electrons. The van der Waals surface area contributed by atoms with Crippen LogP contribution in [0.15, 0.2) is 0 Å². The Kier molecular flexibility index (Phi) is 3.90. The van der Waals surface area contributed by atoms with E-state index >= 15 is 0 Å². The molecule has 0 bridgehead atoms. The van der Waals surface area contributed by atoms with Crippen molar-refractivity contribution in [2.45, 2.75) is 51.0 Å². The first-order valence-corrected chi connectivity index (χ1v) is 6.82. The molecule has 0 heterocycles. The normalized spacial score (nSPS) is 21.8. The van der Waals surface area contributed by atoms with Crippen LogP contribution < -0.4 is 5.73 Å². The average Bonchev–Trinajstić information content (AvgIpc) is 3.06. The van der Waals surface area contributed by atoms with Crippen LogP contribution in [0.4, 0.5) is 0 Å². The fraction of sp³-hybridized carbons (Fsp3) is 0.846. The second-order valence-electron chi connectivity index (χ2n) is 5.57. The minimum Gasteiger partial charge on any atom is -0.481 e. The number of nitrogens with zero attached hydrogens (tertiary/aromatic N) is 1. The summed E-state index contributed by atoms with van der Waals surface area (Å²) in [6, 6.07) is 0.265. The summed E-state index contributed by atoms with van der Waals surface area (Å²) >= 11 is 0. The van der Waals surface area contributed by atoms with Gasteiger partial charge >= 0.3 is 5.97 Å². The fourth-order valence-electron chi connectivity index (χ4n) is 2.91. The average molecular weight is 254 g/mol. The van der Waals surface area contributed by atoms with E-state index < -0.39 is 11.4 Å². The predicted octanol–water partition coefficient (Wildman–Crippen LogP) is 0.971. The van der Waals surface area contributed by atoms with Crippen molar-refractivity contribution in [2.75, 3.05) is 13.1 Å². The van der Waals surface area contributed by atoms with Crippen LogP contribution >= 0.6 is 0 Å². The van der Waals surface area contributed by atoms with Gasteiger partial charge in [-0.25, -0.2) is 0 Å². The Labute approximate surface area is 107 Å². The van der Waals surface area contributed by atoms with Crippen LogP contribution in [0.3, 0.4) is 0 Å². The monoisotopic (exact) mass is 254 g/mol. The molecule has 0 aromatic rings. The summed E-state index contributed by atoms with van der Waals surface area (Å²) in [6.07, 6.45) is 5.87. The van der Waals surface area contributed by atoms with Gasteiger partial charge in [-0.05, 0) is 25.7 Å². The van der Waals surface area contributed by atoms with Crippen LogP contribution in [0.5, 0.6) is 0 Å². The van der Waals surface area contributed by atoms with Crippen molar-refractivity contribution in [3.8, 4) is 0 Å². The number of aliphatic carboxylic acids is 1. The first-order chi connectivity index (χ1) is 8.59. The first-order valence-electron chi connectivity index (χ1n) is 6.82. The predicted molar refractivity (Wildman–Crippen MR) is 66.9 cm³/mol. The molecule has 0 spiro atoms. The Morgan fingerprint density at radius 2 is 1.89 bits per heavy atom. The molecule has 1 amide bonds. The Morgan fingerprint density at radius 3 is 2.33 bits per heavy atom. The molecule has 5 nitrogen and oxygen atoms in total. The molecular formula is C13H22N2O3. The Morgan fingerprint density at radius 1 is 1.28 bits per heavy atom. The van der Waals surface area contributed by atoms with E-state index in [9.17, 15) is 9.59 Å². The van der Waals surface area contributed by atoms with Crippen LogP contribution in [-0.4, -0.2) is 41.0 Å². The van der Waals surface area contributed by atoms with E-state index in [1.54, 1.807) is 4.90 Å². The third kappa shape index (κ3) is 2.66. The number of rotatable bonds is 6. The zero-order valence-electron chi connectivity index (χ0n) is 10.7. The van der Waals surface area contributed by atoms with Crippen molar-refractivity contribution in [3.05, 3.63) is 0 Å². The van der Waals surface area contributed by atoms with Gasteiger partial charge in [0.15, 0.2) is 0 Å². The van der Waals surface area contributed by atoms with E-state index in [0.29, 0.717) is 13.1 Å². The van der Waals surface area contributed by atoms with Crippen molar-refractivity contribution < 1.29 is 14.7 Å². The molecule has 5 heteroatoms. The van der Waals surface area contributed by atoms with Gasteiger partial charge in [0.2, 0.25) is 5.91 Å². The topological polar surface area (TPSA) is 83.6 Å². The molecule has 2 fully saturated rings. The standard InChI is InChI=1S/C13H22N2O3/c14-9-13(6-1-2-7-13)12(18)15(10-3-4-10)8-5-11(16)17/h10H,1-9,14H2,(H,16,17). The highest BCUT2D eigenvalue weighted by Crippen LogP contribution is 2.41. The zero-order valence-corrected chi connectivity index (χ0v) is 10.7. The third-order valence-corrected chi connectivity index (χ3v) is 4.22. The number of amides is 1. The molecule has 2 rings (SSSR count). The van der Waals surface area contributed by atoms with Gasteiger partial charge in [-0.2, -0.15) is 0 Å². The number of carbonyl (C=O) groups excluding carboxylic acids is 1. The number of carbonyl (C=O) groups is 2. The van der Waals surface area contributed by atoms with Gasteiger partial charge in [0.25, 0.3) is 0 Å². The molecule has 18 heavy (non-hydrogen) atoms. The number of carboxylic acid groups (broad SMARTS) is 1. The molecule has 0 saturated heterocycles. The van der Waals surface area contributed by atoms with E-state index in [1.165, 1.54) is 0 Å². The molecule has 0 atom stereocenters. The van der Waals surface area contributed by atoms with E-state index in [0.717, 1.165) is 38.5 Å². The van der Waals surface area contributed by atoms with Crippen LogP contribution in [0, 0.1) is 5.41 Å². The third-order valence-electron chi connectivity index (χ3n) is 4.22. The molecule has 0 radical (unpaired) electrons. The van der Waals surface area contributed by atoms with Crippen molar-refractivity contribution in [1.29, 1.82) is 0 Å². The van der Waals surface area contributed by atoms with Crippen LogP contribution in [0.2, 0.25) is 0 Å². The maximum atomic E-state index is 12.6. The smallest absolute Gasteiger partial charge is 0.305 e. The van der Waals surface area contributed by atoms with Crippen LogP contribution in [-0.2, 0) is 9.59 Å². The van der Waals surface area contributed by atoms with E-state index in [2.05, 4.69) is 0 Å². The first kappa shape index (κ1) is 13.3. The fourth-order valence-corrected chi connectivity index (χ4v) is 2.91. The maximum absolute atomic E-state index is 12.6. The van der Waals surface area contributed by atoms with Crippen molar-refractivity contribution in [3.63, 3.8) is 0 Å². The van der Waals surface area contributed by atoms with Crippen LogP contribution in [0.25, 0.3) is 0 Å². The quantitative estimate of drug-likeness (QED) is 0.740. The van der Waals surface area contributed by atoms with Gasteiger partial charge in [0.05, 0.1) is 11.8 Å². The van der Waals surface area contributed by atoms with Crippen LogP contribution in [0.1, 0.15) is 44.9 Å². The summed E-state index contributed by atoms with van der Waals surface area (Å²) in [6.45, 7) is 0.725. The lowest BCUT2D eigenvalue weighted by atomic mass is 9.84. The highest BCUT2D eigenvalue weighted by molar-refractivity contribution is 5.84. The van der Waals surface area contributed by atoms with E-state index in [4.69, 9.17) is 10.8 Å². The zero-order chi connectivity index (χ0) is 13.2. The second kappa shape index (κ2) is 5.26. The molecule has 2 aliphatic carbocycles. The second-order valence-corrected chi connectivity index (χ2v) is 5.57. The summed E-state index contributed by atoms with van der Waals surface area (Å²) < 4.78 is 0. The minimum atomic E-state index is -0.846. The molecule has 2 aliphatic rings. The van der Waals surface area contributed by atoms with Crippen molar-refractivity contribution in [2.24, 2.45) is 11.1 Å². The highest BCUT2D eigenvalue weighted by atomic mass is 16.4. The molecule has 3 N–H and O–H groups in total. The molecule has 0 unspecified atom stereocenters. The van der Waals surface area contributed by atoms with Gasteiger partial charge in [0, 0.05) is 19.1 Å². The lowest BCUT2D eigenvalue weighted by Crippen LogP contribution is -2.48. The summed E-state index contributed by atoms with van der Waals surface area (Å²) in [4.78, 5) is 25.1. The Hall–Kier alpha value is -1.10. The lowest BCUT2D eigenvalue weighted by molar-refractivity contribution is -0.143. The Bertz CT molecular complexity index is 333. The summed E-state index contributed by atoms with van der Waals surface area (Å²) in [5, 5.41) is 8.77. The highest BCUT2D eigenvalue weighted by Gasteiger charge is 2.45. The maximum Gasteiger partial charge on any atom is 0.305 e.